The van der Waals surface area contributed by atoms with Crippen molar-refractivity contribution in [3.63, 3.8) is 0 Å². The summed E-state index contributed by atoms with van der Waals surface area (Å²) >= 11 is 0. The lowest BCUT2D eigenvalue weighted by molar-refractivity contribution is 0.280. The van der Waals surface area contributed by atoms with Crippen molar-refractivity contribution in [3.05, 3.63) is 83.9 Å². The fourth-order valence-electron chi connectivity index (χ4n) is 3.95. The van der Waals surface area contributed by atoms with Crippen LogP contribution in [0.3, 0.4) is 0 Å². The van der Waals surface area contributed by atoms with Gasteiger partial charge < -0.3 is 30.3 Å². The maximum absolute atomic E-state index is 13.6. The van der Waals surface area contributed by atoms with Gasteiger partial charge in [0.1, 0.15) is 9.79 Å². The average molecular weight is 629 g/mol. The van der Waals surface area contributed by atoms with E-state index in [1.54, 1.807) is 36.4 Å². The Morgan fingerprint density at radius 3 is 2.12 bits per heavy atom. The zero-order chi connectivity index (χ0) is 31.0. The Kier molecular flexibility index (Phi) is 9.89. The van der Waals surface area contributed by atoms with E-state index >= 15 is 0 Å². The highest BCUT2D eigenvalue weighted by Crippen LogP contribution is 2.29. The molecule has 4 aromatic rings. The monoisotopic (exact) mass is 628 g/mol. The molecule has 226 valence electrons. The summed E-state index contributed by atoms with van der Waals surface area (Å²) in [6.07, 6.45) is 2.61. The van der Waals surface area contributed by atoms with Gasteiger partial charge in [0, 0.05) is 18.8 Å². The third kappa shape index (κ3) is 8.02. The first kappa shape index (κ1) is 31.3. The Balaban J connectivity index is 1.75. The topological polar surface area (TPSA) is 218 Å². The summed E-state index contributed by atoms with van der Waals surface area (Å²) in [4.78, 5) is 13.1. The summed E-state index contributed by atoms with van der Waals surface area (Å²) in [6, 6.07) is 18.0. The second-order valence-electron chi connectivity index (χ2n) is 8.82. The molecule has 1 heterocycles. The molecule has 0 atom stereocenters. The molecule has 0 radical (unpaired) electrons. The maximum atomic E-state index is 13.6. The van der Waals surface area contributed by atoms with Crippen molar-refractivity contribution in [2.45, 2.75) is 9.79 Å². The van der Waals surface area contributed by atoms with Crippen molar-refractivity contribution >= 4 is 55.7 Å². The Labute approximate surface area is 248 Å². The first-order valence-corrected chi connectivity index (χ1v) is 15.5. The first-order chi connectivity index (χ1) is 20.5. The summed E-state index contributed by atoms with van der Waals surface area (Å²) in [7, 11) is -9.27. The van der Waals surface area contributed by atoms with Crippen LogP contribution in [0.4, 0.5) is 23.3 Å². The van der Waals surface area contributed by atoms with Gasteiger partial charge in [0.05, 0.1) is 18.9 Å². The highest BCUT2D eigenvalue weighted by molar-refractivity contribution is 7.87. The minimum Gasteiger partial charge on any atom is -0.398 e. The van der Waals surface area contributed by atoms with E-state index in [-0.39, 0.29) is 59.9 Å². The molecule has 0 amide bonds. The van der Waals surface area contributed by atoms with Crippen LogP contribution in [0.25, 0.3) is 12.2 Å². The molecule has 0 unspecified atom stereocenters. The molecule has 0 aliphatic carbocycles. The second-order valence-corrected chi connectivity index (χ2v) is 11.7. The number of nitrogen functional groups attached to an aromatic ring is 1. The minimum atomic E-state index is -4.72. The van der Waals surface area contributed by atoms with Crippen LogP contribution in [0.1, 0.15) is 11.1 Å². The molecule has 0 aliphatic heterocycles. The van der Waals surface area contributed by atoms with Crippen LogP contribution in [0, 0.1) is 0 Å². The van der Waals surface area contributed by atoms with E-state index in [2.05, 4.69) is 20.3 Å². The van der Waals surface area contributed by atoms with E-state index in [1.807, 2.05) is 0 Å². The van der Waals surface area contributed by atoms with Gasteiger partial charge in [-0.3, -0.25) is 4.55 Å². The Morgan fingerprint density at radius 1 is 0.814 bits per heavy atom. The van der Waals surface area contributed by atoms with E-state index in [0.29, 0.717) is 5.69 Å². The summed E-state index contributed by atoms with van der Waals surface area (Å²) in [5.74, 6) is -0.157. The SMILES string of the molecule is Nc1cccc(C=Cc2ccccc2S(=O)(=O)O)c1S(=O)(=O)Oc1nc(Nc2ccccc2)nc(N(CCO)CCO)n1. The summed E-state index contributed by atoms with van der Waals surface area (Å²) < 4.78 is 65.6. The predicted octanol–water partition coefficient (Wildman–Crippen LogP) is 2.17. The van der Waals surface area contributed by atoms with E-state index in [0.717, 1.165) is 0 Å². The fraction of sp³-hybridized carbons (Fsp3) is 0.148. The molecule has 6 N–H and O–H groups in total. The fourth-order valence-corrected chi connectivity index (χ4v) is 5.77. The molecule has 1 aromatic heterocycles. The van der Waals surface area contributed by atoms with E-state index < -0.39 is 31.1 Å². The predicted molar refractivity (Wildman–Crippen MR) is 160 cm³/mol. The Morgan fingerprint density at radius 2 is 1.44 bits per heavy atom. The normalized spacial score (nSPS) is 11.9. The summed E-state index contributed by atoms with van der Waals surface area (Å²) in [5, 5.41) is 21.9. The van der Waals surface area contributed by atoms with Gasteiger partial charge in [0.25, 0.3) is 10.1 Å². The zero-order valence-electron chi connectivity index (χ0n) is 22.5. The number of aliphatic hydroxyl groups excluding tert-OH is 2. The van der Waals surface area contributed by atoms with Crippen LogP contribution >= 0.6 is 0 Å². The Hall–Kier alpha value is -4.61. The second kappa shape index (κ2) is 13.6. The first-order valence-electron chi connectivity index (χ1n) is 12.6. The minimum absolute atomic E-state index is 0.0210. The lowest BCUT2D eigenvalue weighted by atomic mass is 10.1. The van der Waals surface area contributed by atoms with Gasteiger partial charge in [0.2, 0.25) is 11.9 Å². The molecule has 43 heavy (non-hydrogen) atoms. The van der Waals surface area contributed by atoms with Crippen LogP contribution in [0.2, 0.25) is 0 Å². The molecule has 0 saturated carbocycles. The zero-order valence-corrected chi connectivity index (χ0v) is 24.1. The highest BCUT2D eigenvalue weighted by atomic mass is 32.2. The Bertz CT molecular complexity index is 1810. The molecule has 0 fully saturated rings. The van der Waals surface area contributed by atoms with Crippen molar-refractivity contribution < 1.29 is 35.8 Å². The smallest absolute Gasteiger partial charge is 0.344 e. The number of hydrogen-bond donors (Lipinski definition) is 5. The van der Waals surface area contributed by atoms with Gasteiger partial charge in [-0.2, -0.15) is 31.8 Å². The number of nitrogens with one attached hydrogen (secondary N) is 1. The highest BCUT2D eigenvalue weighted by Gasteiger charge is 2.26. The number of benzene rings is 3. The van der Waals surface area contributed by atoms with Crippen LogP contribution in [-0.4, -0.2) is 72.9 Å². The van der Waals surface area contributed by atoms with Gasteiger partial charge >= 0.3 is 16.1 Å². The molecule has 0 spiro atoms. The van der Waals surface area contributed by atoms with Gasteiger partial charge in [-0.05, 0) is 35.4 Å². The van der Waals surface area contributed by atoms with Crippen molar-refractivity contribution in [3.8, 4) is 6.01 Å². The van der Waals surface area contributed by atoms with Gasteiger partial charge in [-0.25, -0.2) is 0 Å². The van der Waals surface area contributed by atoms with Crippen molar-refractivity contribution in [1.82, 2.24) is 15.0 Å². The van der Waals surface area contributed by atoms with Crippen LogP contribution in [0.5, 0.6) is 6.01 Å². The number of anilines is 4. The van der Waals surface area contributed by atoms with Gasteiger partial charge in [-0.1, -0.05) is 60.7 Å². The molecular formula is C27H28N6O8S2. The summed E-state index contributed by atoms with van der Waals surface area (Å²) in [5.41, 5.74) is 6.61. The molecule has 16 heteroatoms. The number of rotatable bonds is 13. The number of aromatic nitrogens is 3. The lowest BCUT2D eigenvalue weighted by Crippen LogP contribution is -2.31. The number of hydrogen-bond acceptors (Lipinski definition) is 13. The van der Waals surface area contributed by atoms with Crippen LogP contribution in [0.15, 0.2) is 82.6 Å². The summed E-state index contributed by atoms with van der Waals surface area (Å²) in [6.45, 7) is -0.572. The van der Waals surface area contributed by atoms with Gasteiger partial charge in [0.15, 0.2) is 0 Å². The van der Waals surface area contributed by atoms with E-state index in [1.165, 1.54) is 53.5 Å². The van der Waals surface area contributed by atoms with Crippen LogP contribution in [-0.2, 0) is 20.2 Å². The molecule has 0 aliphatic rings. The van der Waals surface area contributed by atoms with Crippen molar-refractivity contribution in [2.24, 2.45) is 0 Å². The van der Waals surface area contributed by atoms with Crippen molar-refractivity contribution in [1.29, 1.82) is 0 Å². The van der Waals surface area contributed by atoms with Crippen molar-refractivity contribution in [2.75, 3.05) is 42.3 Å². The van der Waals surface area contributed by atoms with Gasteiger partial charge in [-0.15, -0.1) is 0 Å². The maximum Gasteiger partial charge on any atom is 0.344 e. The van der Waals surface area contributed by atoms with E-state index in [4.69, 9.17) is 9.92 Å². The number of para-hydroxylation sites is 1. The lowest BCUT2D eigenvalue weighted by Gasteiger charge is -2.21. The average Bonchev–Trinajstić information content (AvgIpc) is 2.95. The molecule has 0 bridgehead atoms. The number of nitrogens with zero attached hydrogens (tertiary/aromatic N) is 4. The third-order valence-electron chi connectivity index (χ3n) is 5.81. The molecular weight excluding hydrogens is 600 g/mol. The number of nitrogens with two attached hydrogens (primary N) is 1. The molecule has 3 aromatic carbocycles. The largest absolute Gasteiger partial charge is 0.398 e. The molecule has 4 rings (SSSR count). The quantitative estimate of drug-likeness (QED) is 0.0620. The molecule has 14 nitrogen and oxygen atoms in total. The third-order valence-corrected chi connectivity index (χ3v) is 8.07. The molecule has 0 saturated heterocycles. The van der Waals surface area contributed by atoms with E-state index in [9.17, 15) is 31.6 Å². The number of aliphatic hydroxyl groups is 2. The van der Waals surface area contributed by atoms with Crippen LogP contribution < -0.4 is 20.1 Å². The standard InChI is InChI=1S/C27H28N6O8S2/c28-22-11-6-8-20(14-13-19-7-4-5-12-23(19)42(36,37)38)24(22)43(39,40)41-27-31-25(29-21-9-2-1-3-10-21)30-26(32-27)33(15-17-34)16-18-35/h1-14,34-35H,15-18,28H2,(H,36,37,38)(H,29,30,31,32).